The molecule has 0 aliphatic carbocycles. The van der Waals surface area contributed by atoms with Gasteiger partial charge in [0, 0.05) is 10.7 Å². The van der Waals surface area contributed by atoms with Crippen LogP contribution in [0.15, 0.2) is 36.4 Å². The SMILES string of the molecule is O=C(Oc1ccc(OC(=O)C(F)S(=O)(=O)O)cc1)c1cc(I)cc(I)c1I. The number of esters is 2. The molecule has 0 aliphatic heterocycles. The van der Waals surface area contributed by atoms with Gasteiger partial charge in [0.05, 0.1) is 5.56 Å². The minimum absolute atomic E-state index is 0.135. The average molecular weight is 732 g/mol. The molecule has 2 rings (SSSR count). The van der Waals surface area contributed by atoms with E-state index in [1.165, 1.54) is 24.3 Å². The van der Waals surface area contributed by atoms with Gasteiger partial charge in [0.15, 0.2) is 0 Å². The third kappa shape index (κ3) is 6.20. The number of alkyl halides is 1. The van der Waals surface area contributed by atoms with Gasteiger partial charge in [0.2, 0.25) is 0 Å². The van der Waals surface area contributed by atoms with Crippen molar-refractivity contribution in [3.05, 3.63) is 52.7 Å². The fraction of sp³-hybridized carbons (Fsp3) is 0.0667. The second-order valence-electron chi connectivity index (χ2n) is 4.86. The summed E-state index contributed by atoms with van der Waals surface area (Å²) < 4.78 is 55.0. The van der Waals surface area contributed by atoms with E-state index in [1.54, 1.807) is 6.07 Å². The minimum atomic E-state index is -5.20. The van der Waals surface area contributed by atoms with Crippen molar-refractivity contribution in [2.45, 2.75) is 5.50 Å². The van der Waals surface area contributed by atoms with Crippen molar-refractivity contribution < 1.29 is 36.4 Å². The predicted octanol–water partition coefficient (Wildman–Crippen LogP) is 3.81. The van der Waals surface area contributed by atoms with E-state index in [1.807, 2.05) is 28.7 Å². The zero-order valence-electron chi connectivity index (χ0n) is 12.9. The maximum absolute atomic E-state index is 13.1. The maximum atomic E-state index is 13.1. The van der Waals surface area contributed by atoms with Gasteiger partial charge < -0.3 is 9.47 Å². The molecule has 2 aromatic rings. The van der Waals surface area contributed by atoms with E-state index < -0.39 is 27.6 Å². The van der Waals surface area contributed by atoms with E-state index in [0.717, 1.165) is 10.7 Å². The summed E-state index contributed by atoms with van der Waals surface area (Å²) in [6.07, 6.45) is 0. The lowest BCUT2D eigenvalue weighted by atomic mass is 10.2. The smallest absolute Gasteiger partial charge is 0.364 e. The van der Waals surface area contributed by atoms with Gasteiger partial charge in [-0.3, -0.25) is 4.55 Å². The van der Waals surface area contributed by atoms with Gasteiger partial charge in [-0.1, -0.05) is 0 Å². The highest BCUT2D eigenvalue weighted by atomic mass is 127. The lowest BCUT2D eigenvalue weighted by Gasteiger charge is -2.09. The summed E-state index contributed by atoms with van der Waals surface area (Å²) in [5.74, 6) is -2.43. The third-order valence-corrected chi connectivity index (χ3v) is 7.30. The molecule has 1 N–H and O–H groups in total. The number of halogens is 4. The molecule has 0 bridgehead atoms. The molecule has 0 saturated heterocycles. The highest BCUT2D eigenvalue weighted by Crippen LogP contribution is 2.25. The van der Waals surface area contributed by atoms with Gasteiger partial charge in [0.1, 0.15) is 11.5 Å². The molecule has 7 nitrogen and oxygen atoms in total. The number of benzene rings is 2. The molecule has 0 aromatic heterocycles. The first-order valence-electron chi connectivity index (χ1n) is 6.78. The number of carbonyl (C=O) groups is 2. The molecule has 0 heterocycles. The third-order valence-electron chi connectivity index (χ3n) is 2.91. The van der Waals surface area contributed by atoms with E-state index in [9.17, 15) is 22.4 Å². The number of carbonyl (C=O) groups excluding carboxylic acids is 2. The summed E-state index contributed by atoms with van der Waals surface area (Å²) >= 11 is 6.23. The van der Waals surface area contributed by atoms with Crippen LogP contribution in [0.3, 0.4) is 0 Å². The quantitative estimate of drug-likeness (QED) is 0.164. The molecule has 0 amide bonds. The number of ether oxygens (including phenoxy) is 2. The second kappa shape index (κ2) is 9.27. The molecule has 0 spiro atoms. The van der Waals surface area contributed by atoms with Crippen LogP contribution in [-0.4, -0.2) is 30.4 Å². The molecular weight excluding hydrogens is 724 g/mol. The Kier molecular flexibility index (Phi) is 7.79. The average Bonchev–Trinajstić information content (AvgIpc) is 2.58. The summed E-state index contributed by atoms with van der Waals surface area (Å²) in [7, 11) is -5.20. The Morgan fingerprint density at radius 3 is 2.04 bits per heavy atom. The van der Waals surface area contributed by atoms with Gasteiger partial charge >= 0.3 is 27.6 Å². The van der Waals surface area contributed by atoms with Crippen LogP contribution in [0.5, 0.6) is 11.5 Å². The molecule has 144 valence electrons. The van der Waals surface area contributed by atoms with E-state index in [2.05, 4.69) is 49.9 Å². The summed E-state index contributed by atoms with van der Waals surface area (Å²) in [5.41, 5.74) is -2.82. The first-order valence-corrected chi connectivity index (χ1v) is 11.5. The van der Waals surface area contributed by atoms with Gasteiger partial charge in [-0.25, -0.2) is 14.0 Å². The van der Waals surface area contributed by atoms with Crippen LogP contribution in [0.25, 0.3) is 0 Å². The Bertz CT molecular complexity index is 993. The van der Waals surface area contributed by atoms with Crippen LogP contribution in [0.1, 0.15) is 10.4 Å². The number of rotatable bonds is 5. The van der Waals surface area contributed by atoms with E-state index in [4.69, 9.17) is 9.29 Å². The molecule has 12 heteroatoms. The van der Waals surface area contributed by atoms with Crippen molar-refractivity contribution >= 4 is 89.8 Å². The second-order valence-corrected chi connectivity index (χ2v) is 9.79. The van der Waals surface area contributed by atoms with Gasteiger partial charge in [-0.05, 0) is 104 Å². The lowest BCUT2D eigenvalue weighted by molar-refractivity contribution is -0.137. The van der Waals surface area contributed by atoms with Gasteiger partial charge in [0.25, 0.3) is 0 Å². The van der Waals surface area contributed by atoms with Gasteiger partial charge in [-0.15, -0.1) is 0 Å². The molecule has 0 saturated carbocycles. The monoisotopic (exact) mass is 732 g/mol. The van der Waals surface area contributed by atoms with Crippen LogP contribution in [0.4, 0.5) is 4.39 Å². The summed E-state index contributed by atoms with van der Waals surface area (Å²) in [5, 5.41) is 0. The number of hydrogen-bond acceptors (Lipinski definition) is 6. The zero-order valence-corrected chi connectivity index (χ0v) is 20.1. The molecular formula is C15H8FI3O7S. The summed E-state index contributed by atoms with van der Waals surface area (Å²) in [6, 6.07) is 8.52. The first kappa shape index (κ1) is 22.7. The first-order chi connectivity index (χ1) is 12.5. The van der Waals surface area contributed by atoms with Crippen molar-refractivity contribution in [3.63, 3.8) is 0 Å². The van der Waals surface area contributed by atoms with E-state index in [-0.39, 0.29) is 11.5 Å². The van der Waals surface area contributed by atoms with Crippen LogP contribution >= 0.6 is 67.8 Å². The van der Waals surface area contributed by atoms with Crippen molar-refractivity contribution in [1.29, 1.82) is 0 Å². The zero-order chi connectivity index (χ0) is 20.4. The Labute approximate surface area is 194 Å². The molecule has 1 atom stereocenters. The number of hydrogen-bond donors (Lipinski definition) is 1. The standard InChI is InChI=1S/C15H8FI3O7S/c16-13(27(22,23)24)15(21)26-9-3-1-8(2-4-9)25-14(20)10-5-7(17)6-11(18)12(10)19/h1-6,13H,(H,22,23,24). The Morgan fingerprint density at radius 1 is 1.00 bits per heavy atom. The van der Waals surface area contributed by atoms with E-state index in [0.29, 0.717) is 5.56 Å². The summed E-state index contributed by atoms with van der Waals surface area (Å²) in [6.45, 7) is 0. The molecule has 2 aromatic carbocycles. The largest absolute Gasteiger partial charge is 0.424 e. The van der Waals surface area contributed by atoms with Gasteiger partial charge in [-0.2, -0.15) is 8.42 Å². The highest BCUT2D eigenvalue weighted by molar-refractivity contribution is 14.1. The molecule has 27 heavy (non-hydrogen) atoms. The van der Waals surface area contributed by atoms with Crippen LogP contribution < -0.4 is 9.47 Å². The van der Waals surface area contributed by atoms with Crippen LogP contribution in [0, 0.1) is 10.7 Å². The normalized spacial score (nSPS) is 12.3. The van der Waals surface area contributed by atoms with Crippen molar-refractivity contribution in [2.75, 3.05) is 0 Å². The molecule has 0 radical (unpaired) electrons. The fourth-order valence-electron chi connectivity index (χ4n) is 1.73. The molecule has 1 unspecified atom stereocenters. The Balaban J connectivity index is 2.10. The summed E-state index contributed by atoms with van der Waals surface area (Å²) in [4.78, 5) is 23.6. The van der Waals surface area contributed by atoms with E-state index >= 15 is 0 Å². The fourth-order valence-corrected chi connectivity index (χ4v) is 4.39. The topological polar surface area (TPSA) is 107 Å². The Hall–Kier alpha value is -0.590. The maximum Gasteiger partial charge on any atom is 0.364 e. The highest BCUT2D eigenvalue weighted by Gasteiger charge is 2.32. The van der Waals surface area contributed by atoms with Crippen molar-refractivity contribution in [2.24, 2.45) is 0 Å². The minimum Gasteiger partial charge on any atom is -0.424 e. The molecule has 0 aliphatic rings. The van der Waals surface area contributed by atoms with Crippen molar-refractivity contribution in [1.82, 2.24) is 0 Å². The predicted molar refractivity (Wildman–Crippen MR) is 118 cm³/mol. The van der Waals surface area contributed by atoms with Crippen LogP contribution in [-0.2, 0) is 14.9 Å². The Morgan fingerprint density at radius 2 is 1.52 bits per heavy atom. The lowest BCUT2D eigenvalue weighted by Crippen LogP contribution is -2.29. The van der Waals surface area contributed by atoms with Crippen LogP contribution in [0.2, 0.25) is 0 Å². The molecule has 0 fully saturated rings. The van der Waals surface area contributed by atoms with Crippen molar-refractivity contribution in [3.8, 4) is 11.5 Å².